The quantitative estimate of drug-likeness (QED) is 0.768. The molecule has 0 fully saturated rings. The number of amides is 1. The molecular weight excluding hydrogens is 241 g/mol. The molecule has 0 radical (unpaired) electrons. The number of nitrogens with zero attached hydrogens (tertiary/aromatic N) is 1. The van der Waals surface area contributed by atoms with E-state index >= 15 is 0 Å². The number of aromatic nitrogens is 2. The third-order valence-electron chi connectivity index (χ3n) is 2.16. The van der Waals surface area contributed by atoms with Gasteiger partial charge in [-0.2, -0.15) is 5.10 Å². The summed E-state index contributed by atoms with van der Waals surface area (Å²) in [4.78, 5) is 22.3. The normalized spacial score (nSPS) is 10.1. The van der Waals surface area contributed by atoms with Crippen LogP contribution in [0.3, 0.4) is 0 Å². The van der Waals surface area contributed by atoms with Crippen molar-refractivity contribution in [1.29, 1.82) is 0 Å². The number of anilines is 1. The Morgan fingerprint density at radius 3 is 2.50 bits per heavy atom. The topological polar surface area (TPSA) is 95.1 Å². The fourth-order valence-corrected chi connectivity index (χ4v) is 1.29. The summed E-state index contributed by atoms with van der Waals surface area (Å²) >= 11 is 0. The van der Waals surface area contributed by atoms with Gasteiger partial charge in [-0.3, -0.25) is 9.89 Å². The molecule has 2 aromatic rings. The minimum atomic E-state index is -1.18. The molecule has 2 rings (SSSR count). The summed E-state index contributed by atoms with van der Waals surface area (Å²) in [6.07, 6.45) is 0. The predicted octanol–water partition coefficient (Wildman–Crippen LogP) is 1.50. The van der Waals surface area contributed by atoms with E-state index in [0.29, 0.717) is 0 Å². The summed E-state index contributed by atoms with van der Waals surface area (Å²) in [5, 5.41) is 16.9. The van der Waals surface area contributed by atoms with Crippen LogP contribution in [-0.2, 0) is 0 Å². The SMILES string of the molecule is O=C(Nc1cc(C(=O)O)[nH]n1)c1ccc(F)cc1. The zero-order chi connectivity index (χ0) is 13.1. The second kappa shape index (κ2) is 4.66. The molecule has 6 nitrogen and oxygen atoms in total. The van der Waals surface area contributed by atoms with E-state index in [1.165, 1.54) is 18.2 Å². The number of aromatic amines is 1. The second-order valence-corrected chi connectivity index (χ2v) is 3.43. The van der Waals surface area contributed by atoms with Crippen LogP contribution >= 0.6 is 0 Å². The van der Waals surface area contributed by atoms with E-state index in [1.807, 2.05) is 0 Å². The van der Waals surface area contributed by atoms with E-state index in [2.05, 4.69) is 15.5 Å². The van der Waals surface area contributed by atoms with E-state index < -0.39 is 17.7 Å². The van der Waals surface area contributed by atoms with Crippen LogP contribution in [0.15, 0.2) is 30.3 Å². The van der Waals surface area contributed by atoms with Gasteiger partial charge in [-0.25, -0.2) is 9.18 Å². The number of aromatic carboxylic acids is 1. The van der Waals surface area contributed by atoms with Crippen molar-refractivity contribution < 1.29 is 19.1 Å². The Hall–Kier alpha value is -2.70. The molecule has 0 bridgehead atoms. The highest BCUT2D eigenvalue weighted by Gasteiger charge is 2.11. The van der Waals surface area contributed by atoms with Crippen molar-refractivity contribution in [3.8, 4) is 0 Å². The molecule has 1 heterocycles. The lowest BCUT2D eigenvalue weighted by Crippen LogP contribution is -2.12. The minimum absolute atomic E-state index is 0.0849. The van der Waals surface area contributed by atoms with Crippen LogP contribution in [0.5, 0.6) is 0 Å². The number of rotatable bonds is 3. The second-order valence-electron chi connectivity index (χ2n) is 3.43. The summed E-state index contributed by atoms with van der Waals surface area (Å²) < 4.78 is 12.7. The van der Waals surface area contributed by atoms with Gasteiger partial charge >= 0.3 is 5.97 Å². The number of carboxylic acid groups (broad SMARTS) is 1. The fourth-order valence-electron chi connectivity index (χ4n) is 1.29. The summed E-state index contributed by atoms with van der Waals surface area (Å²) in [6.45, 7) is 0. The van der Waals surface area contributed by atoms with Crippen molar-refractivity contribution >= 4 is 17.7 Å². The third kappa shape index (κ3) is 2.51. The first-order chi connectivity index (χ1) is 8.56. The van der Waals surface area contributed by atoms with Gasteiger partial charge in [0, 0.05) is 11.6 Å². The van der Waals surface area contributed by atoms with Crippen molar-refractivity contribution in [3.63, 3.8) is 0 Å². The number of halogens is 1. The van der Waals surface area contributed by atoms with Crippen LogP contribution in [0.25, 0.3) is 0 Å². The Bertz CT molecular complexity index is 592. The zero-order valence-corrected chi connectivity index (χ0v) is 8.98. The Morgan fingerprint density at radius 2 is 1.94 bits per heavy atom. The number of carboxylic acids is 1. The molecule has 18 heavy (non-hydrogen) atoms. The molecule has 0 saturated carbocycles. The van der Waals surface area contributed by atoms with E-state index in [-0.39, 0.29) is 17.1 Å². The van der Waals surface area contributed by atoms with Gasteiger partial charge in [-0.1, -0.05) is 0 Å². The lowest BCUT2D eigenvalue weighted by molar-refractivity contribution is 0.0690. The zero-order valence-electron chi connectivity index (χ0n) is 8.98. The number of benzene rings is 1. The molecule has 0 aliphatic heterocycles. The highest BCUT2D eigenvalue weighted by molar-refractivity contribution is 6.04. The molecule has 7 heteroatoms. The average molecular weight is 249 g/mol. The first-order valence-electron chi connectivity index (χ1n) is 4.92. The molecule has 1 aromatic heterocycles. The lowest BCUT2D eigenvalue weighted by atomic mass is 10.2. The molecule has 0 spiro atoms. The number of H-pyrrole nitrogens is 1. The summed E-state index contributed by atoms with van der Waals surface area (Å²) in [5.74, 6) is -2.04. The number of nitrogens with one attached hydrogen (secondary N) is 2. The van der Waals surface area contributed by atoms with Gasteiger partial charge in [-0.15, -0.1) is 0 Å². The van der Waals surface area contributed by atoms with Crippen LogP contribution in [0.2, 0.25) is 0 Å². The van der Waals surface area contributed by atoms with Crippen LogP contribution in [0, 0.1) is 5.82 Å². The van der Waals surface area contributed by atoms with Crippen molar-refractivity contribution in [2.45, 2.75) is 0 Å². The number of carbonyl (C=O) groups is 2. The van der Waals surface area contributed by atoms with Crippen LogP contribution in [-0.4, -0.2) is 27.2 Å². The van der Waals surface area contributed by atoms with Crippen molar-refractivity contribution in [3.05, 3.63) is 47.4 Å². The highest BCUT2D eigenvalue weighted by atomic mass is 19.1. The van der Waals surface area contributed by atoms with Crippen LogP contribution in [0.4, 0.5) is 10.2 Å². The average Bonchev–Trinajstić information content (AvgIpc) is 2.78. The first kappa shape index (κ1) is 11.8. The van der Waals surface area contributed by atoms with Crippen LogP contribution in [0.1, 0.15) is 20.8 Å². The standard InChI is InChI=1S/C11H8FN3O3/c12-7-3-1-6(2-4-7)10(16)13-9-5-8(11(17)18)14-15-9/h1-5H,(H,17,18)(H2,13,14,15,16). The molecule has 0 aliphatic rings. The number of hydrogen-bond donors (Lipinski definition) is 3. The minimum Gasteiger partial charge on any atom is -0.477 e. The van der Waals surface area contributed by atoms with Gasteiger partial charge in [0.15, 0.2) is 5.82 Å². The van der Waals surface area contributed by atoms with Gasteiger partial charge in [0.25, 0.3) is 5.91 Å². The maximum absolute atomic E-state index is 12.7. The van der Waals surface area contributed by atoms with E-state index in [4.69, 9.17) is 5.11 Å². The maximum Gasteiger partial charge on any atom is 0.353 e. The Labute approximate surface area is 100 Å². The van der Waals surface area contributed by atoms with E-state index in [1.54, 1.807) is 0 Å². The number of carbonyl (C=O) groups excluding carboxylic acids is 1. The Balaban J connectivity index is 2.11. The summed E-state index contributed by atoms with van der Waals surface area (Å²) in [5.41, 5.74) is 0.112. The van der Waals surface area contributed by atoms with Gasteiger partial charge in [-0.05, 0) is 24.3 Å². The molecule has 0 atom stereocenters. The molecule has 92 valence electrons. The fraction of sp³-hybridized carbons (Fsp3) is 0. The monoisotopic (exact) mass is 249 g/mol. The van der Waals surface area contributed by atoms with Gasteiger partial charge in [0.1, 0.15) is 11.5 Å². The van der Waals surface area contributed by atoms with E-state index in [0.717, 1.165) is 12.1 Å². The number of hydrogen-bond acceptors (Lipinski definition) is 3. The molecule has 1 amide bonds. The van der Waals surface area contributed by atoms with Crippen LogP contribution < -0.4 is 5.32 Å². The Kier molecular flexibility index (Phi) is 3.05. The largest absolute Gasteiger partial charge is 0.477 e. The van der Waals surface area contributed by atoms with E-state index in [9.17, 15) is 14.0 Å². The molecule has 0 unspecified atom stereocenters. The summed E-state index contributed by atoms with van der Waals surface area (Å²) in [6, 6.07) is 6.12. The van der Waals surface area contributed by atoms with Crippen molar-refractivity contribution in [2.24, 2.45) is 0 Å². The predicted molar refractivity (Wildman–Crippen MR) is 59.9 cm³/mol. The molecule has 0 saturated heterocycles. The van der Waals surface area contributed by atoms with Crippen molar-refractivity contribution in [1.82, 2.24) is 10.2 Å². The highest BCUT2D eigenvalue weighted by Crippen LogP contribution is 2.09. The van der Waals surface area contributed by atoms with Gasteiger partial charge < -0.3 is 10.4 Å². The third-order valence-corrected chi connectivity index (χ3v) is 2.16. The lowest BCUT2D eigenvalue weighted by Gasteiger charge is -2.00. The van der Waals surface area contributed by atoms with Gasteiger partial charge in [0.05, 0.1) is 0 Å². The smallest absolute Gasteiger partial charge is 0.353 e. The molecule has 1 aromatic carbocycles. The Morgan fingerprint density at radius 1 is 1.28 bits per heavy atom. The summed E-state index contributed by atoms with van der Waals surface area (Å²) in [7, 11) is 0. The maximum atomic E-state index is 12.7. The van der Waals surface area contributed by atoms with Gasteiger partial charge in [0.2, 0.25) is 0 Å². The molecule has 0 aliphatic carbocycles. The molecule has 3 N–H and O–H groups in total. The molecular formula is C11H8FN3O3. The first-order valence-corrected chi connectivity index (χ1v) is 4.92. The van der Waals surface area contributed by atoms with Crippen molar-refractivity contribution in [2.75, 3.05) is 5.32 Å².